The molecule has 0 aliphatic heterocycles. The second-order valence-electron chi connectivity index (χ2n) is 4.11. The molecule has 0 amide bonds. The van der Waals surface area contributed by atoms with E-state index in [-0.39, 0.29) is 0 Å². The summed E-state index contributed by atoms with van der Waals surface area (Å²) >= 11 is 0. The van der Waals surface area contributed by atoms with Gasteiger partial charge in [-0.05, 0) is 30.0 Å². The van der Waals surface area contributed by atoms with Gasteiger partial charge < -0.3 is 5.32 Å². The smallest absolute Gasteiger partial charge is 0.0354 e. The molecular weight excluding hydrogens is 170 g/mol. The molecule has 2 rings (SSSR count). The van der Waals surface area contributed by atoms with Crippen LogP contribution >= 0.6 is 0 Å². The lowest BCUT2D eigenvalue weighted by atomic mass is 9.98. The number of benzene rings is 1. The number of nitrogens with one attached hydrogen (secondary N) is 1. The van der Waals surface area contributed by atoms with E-state index in [1.165, 1.54) is 18.4 Å². The van der Waals surface area contributed by atoms with E-state index < -0.39 is 0 Å². The van der Waals surface area contributed by atoms with Gasteiger partial charge in [-0.15, -0.1) is 0 Å². The summed E-state index contributed by atoms with van der Waals surface area (Å²) < 4.78 is 0. The highest BCUT2D eigenvalue weighted by atomic mass is 14.9. The second kappa shape index (κ2) is 4.14. The van der Waals surface area contributed by atoms with Crippen molar-refractivity contribution in [2.45, 2.75) is 32.7 Å². The normalized spacial score (nSPS) is 25.0. The fourth-order valence-electron chi connectivity index (χ4n) is 2.55. The molecule has 0 spiro atoms. The van der Waals surface area contributed by atoms with Crippen LogP contribution in [0, 0.1) is 5.92 Å². The van der Waals surface area contributed by atoms with E-state index in [0.29, 0.717) is 6.04 Å². The summed E-state index contributed by atoms with van der Waals surface area (Å²) in [6, 6.07) is 9.45. The summed E-state index contributed by atoms with van der Waals surface area (Å²) in [4.78, 5) is 0. The highest BCUT2D eigenvalue weighted by Gasteiger charge is 2.29. The zero-order valence-corrected chi connectivity index (χ0v) is 9.09. The van der Waals surface area contributed by atoms with Crippen molar-refractivity contribution < 1.29 is 0 Å². The number of hydrogen-bond acceptors (Lipinski definition) is 1. The first-order valence-corrected chi connectivity index (χ1v) is 5.68. The minimum Gasteiger partial charge on any atom is -0.310 e. The highest BCUT2D eigenvalue weighted by molar-refractivity contribution is 5.35. The zero-order chi connectivity index (χ0) is 9.97. The van der Waals surface area contributed by atoms with Crippen LogP contribution in [0.5, 0.6) is 0 Å². The van der Waals surface area contributed by atoms with Gasteiger partial charge in [-0.3, -0.25) is 0 Å². The van der Waals surface area contributed by atoms with E-state index in [9.17, 15) is 0 Å². The molecule has 76 valence electrons. The quantitative estimate of drug-likeness (QED) is 0.771. The molecule has 14 heavy (non-hydrogen) atoms. The van der Waals surface area contributed by atoms with E-state index in [1.807, 2.05) is 0 Å². The summed E-state index contributed by atoms with van der Waals surface area (Å²) in [6.45, 7) is 5.55. The van der Waals surface area contributed by atoms with Gasteiger partial charge in [-0.1, -0.05) is 44.5 Å². The Labute approximate surface area is 86.5 Å². The molecular formula is C13H19N. The Morgan fingerprint density at radius 3 is 2.79 bits per heavy atom. The first-order chi connectivity index (χ1) is 6.86. The molecule has 0 bridgehead atoms. The molecule has 2 atom stereocenters. The molecule has 1 aliphatic carbocycles. The van der Waals surface area contributed by atoms with Crippen LogP contribution in [0.2, 0.25) is 0 Å². The van der Waals surface area contributed by atoms with Crippen LogP contribution in [-0.2, 0) is 6.42 Å². The summed E-state index contributed by atoms with van der Waals surface area (Å²) in [7, 11) is 0. The van der Waals surface area contributed by atoms with Crippen molar-refractivity contribution >= 4 is 0 Å². The van der Waals surface area contributed by atoms with E-state index in [2.05, 4.69) is 43.4 Å². The summed E-state index contributed by atoms with van der Waals surface area (Å²) in [5, 5.41) is 3.60. The lowest BCUT2D eigenvalue weighted by Gasteiger charge is -2.19. The molecule has 1 aromatic rings. The van der Waals surface area contributed by atoms with E-state index in [0.717, 1.165) is 12.5 Å². The molecule has 0 fully saturated rings. The Morgan fingerprint density at radius 1 is 1.29 bits per heavy atom. The molecule has 1 nitrogen and oxygen atoms in total. The van der Waals surface area contributed by atoms with Crippen molar-refractivity contribution in [3.63, 3.8) is 0 Å². The van der Waals surface area contributed by atoms with Crippen LogP contribution in [-0.4, -0.2) is 6.54 Å². The summed E-state index contributed by atoms with van der Waals surface area (Å²) in [5.74, 6) is 0.798. The molecule has 1 aromatic carbocycles. The van der Waals surface area contributed by atoms with Gasteiger partial charge in [0, 0.05) is 6.04 Å². The van der Waals surface area contributed by atoms with Crippen LogP contribution < -0.4 is 5.32 Å². The average Bonchev–Trinajstić information content (AvgIpc) is 2.58. The van der Waals surface area contributed by atoms with Gasteiger partial charge in [0.25, 0.3) is 0 Å². The van der Waals surface area contributed by atoms with Crippen LogP contribution in [0.25, 0.3) is 0 Å². The Kier molecular flexibility index (Phi) is 2.87. The molecule has 1 N–H and O–H groups in total. The first kappa shape index (κ1) is 9.72. The summed E-state index contributed by atoms with van der Waals surface area (Å²) in [6.07, 6.45) is 2.52. The van der Waals surface area contributed by atoms with E-state index in [4.69, 9.17) is 0 Å². The lowest BCUT2D eigenvalue weighted by Crippen LogP contribution is -2.24. The Morgan fingerprint density at radius 2 is 2.07 bits per heavy atom. The lowest BCUT2D eigenvalue weighted by molar-refractivity contribution is 0.386. The third kappa shape index (κ3) is 1.57. The molecule has 0 aromatic heterocycles. The average molecular weight is 189 g/mol. The van der Waals surface area contributed by atoms with E-state index in [1.54, 1.807) is 5.56 Å². The third-order valence-electron chi connectivity index (χ3n) is 3.29. The van der Waals surface area contributed by atoms with Gasteiger partial charge in [0.1, 0.15) is 0 Å². The van der Waals surface area contributed by atoms with Gasteiger partial charge in [0.15, 0.2) is 0 Å². The third-order valence-corrected chi connectivity index (χ3v) is 3.29. The van der Waals surface area contributed by atoms with Crippen molar-refractivity contribution in [2.75, 3.05) is 6.54 Å². The van der Waals surface area contributed by atoms with Crippen molar-refractivity contribution in [3.8, 4) is 0 Å². The van der Waals surface area contributed by atoms with Gasteiger partial charge in [0.2, 0.25) is 0 Å². The largest absolute Gasteiger partial charge is 0.310 e. The van der Waals surface area contributed by atoms with E-state index >= 15 is 0 Å². The minimum atomic E-state index is 0.598. The molecule has 0 saturated heterocycles. The standard InChI is InChI=1S/C13H19N/c1-3-10-9-11-7-5-6-8-12(11)13(10)14-4-2/h5-8,10,13-14H,3-4,9H2,1-2H3. The topological polar surface area (TPSA) is 12.0 Å². The van der Waals surface area contributed by atoms with Gasteiger partial charge in [-0.25, -0.2) is 0 Å². The fourth-order valence-corrected chi connectivity index (χ4v) is 2.55. The maximum Gasteiger partial charge on any atom is 0.0354 e. The van der Waals surface area contributed by atoms with Crippen LogP contribution in [0.1, 0.15) is 37.4 Å². The minimum absolute atomic E-state index is 0.598. The zero-order valence-electron chi connectivity index (χ0n) is 9.09. The fraction of sp³-hybridized carbons (Fsp3) is 0.538. The monoisotopic (exact) mass is 189 g/mol. The van der Waals surface area contributed by atoms with Crippen molar-refractivity contribution in [1.82, 2.24) is 5.32 Å². The van der Waals surface area contributed by atoms with Crippen molar-refractivity contribution in [1.29, 1.82) is 0 Å². The first-order valence-electron chi connectivity index (χ1n) is 5.68. The van der Waals surface area contributed by atoms with Gasteiger partial charge >= 0.3 is 0 Å². The molecule has 0 radical (unpaired) electrons. The molecule has 1 heteroatoms. The highest BCUT2D eigenvalue weighted by Crippen LogP contribution is 2.37. The van der Waals surface area contributed by atoms with Crippen molar-refractivity contribution in [2.24, 2.45) is 5.92 Å². The van der Waals surface area contributed by atoms with Crippen LogP contribution in [0.15, 0.2) is 24.3 Å². The molecule has 0 saturated carbocycles. The molecule has 0 heterocycles. The predicted octanol–water partition coefficient (Wildman–Crippen LogP) is 2.92. The number of hydrogen-bond donors (Lipinski definition) is 1. The van der Waals surface area contributed by atoms with Crippen molar-refractivity contribution in [3.05, 3.63) is 35.4 Å². The molecule has 2 unspecified atom stereocenters. The predicted molar refractivity (Wildman–Crippen MR) is 60.3 cm³/mol. The molecule has 1 aliphatic rings. The Bertz CT molecular complexity index is 306. The Balaban J connectivity index is 2.27. The summed E-state index contributed by atoms with van der Waals surface area (Å²) in [5.41, 5.74) is 3.08. The van der Waals surface area contributed by atoms with Gasteiger partial charge in [-0.2, -0.15) is 0 Å². The maximum atomic E-state index is 3.60. The SMILES string of the molecule is CCNC1c2ccccc2CC1CC. The Hall–Kier alpha value is -0.820. The second-order valence-corrected chi connectivity index (χ2v) is 4.11. The maximum absolute atomic E-state index is 3.60. The van der Waals surface area contributed by atoms with Crippen LogP contribution in [0.3, 0.4) is 0 Å². The van der Waals surface area contributed by atoms with Gasteiger partial charge in [0.05, 0.1) is 0 Å². The number of rotatable bonds is 3. The number of fused-ring (bicyclic) bond motifs is 1. The van der Waals surface area contributed by atoms with Crippen LogP contribution in [0.4, 0.5) is 0 Å².